The van der Waals surface area contributed by atoms with Crippen molar-refractivity contribution in [2.45, 2.75) is 40.0 Å². The van der Waals surface area contributed by atoms with Gasteiger partial charge in [0.05, 0.1) is 4.92 Å². The van der Waals surface area contributed by atoms with Crippen LogP contribution in [-0.4, -0.2) is 28.0 Å². The van der Waals surface area contributed by atoms with Crippen LogP contribution in [0.3, 0.4) is 0 Å². The van der Waals surface area contributed by atoms with Gasteiger partial charge >= 0.3 is 5.69 Å². The summed E-state index contributed by atoms with van der Waals surface area (Å²) in [6.45, 7) is 7.75. The molecule has 0 amide bonds. The van der Waals surface area contributed by atoms with Crippen LogP contribution in [0.1, 0.15) is 40.0 Å². The van der Waals surface area contributed by atoms with E-state index in [0.717, 1.165) is 25.8 Å². The third kappa shape index (κ3) is 5.38. The predicted molar refractivity (Wildman–Crippen MR) is 80.0 cm³/mol. The molecule has 112 valence electrons. The Balaban J connectivity index is 2.70. The standard InChI is InChI=1S/C13H23N5O2/c1-4-7-15-13-16-9-11(18(19)20)12(17-13)14-8-5-6-10(2)3/h9-10H,4-8H2,1-3H3,(H2,14,15,16,17). The SMILES string of the molecule is CCCNc1ncc([N+](=O)[O-])c(NCCCC(C)C)n1. The van der Waals surface area contributed by atoms with Gasteiger partial charge in [-0.3, -0.25) is 10.1 Å². The minimum atomic E-state index is -0.464. The van der Waals surface area contributed by atoms with Gasteiger partial charge in [-0.25, -0.2) is 4.98 Å². The lowest BCUT2D eigenvalue weighted by Gasteiger charge is -2.09. The van der Waals surface area contributed by atoms with Crippen LogP contribution in [0.5, 0.6) is 0 Å². The molecule has 2 N–H and O–H groups in total. The molecule has 7 nitrogen and oxygen atoms in total. The molecule has 1 aromatic rings. The number of hydrogen-bond donors (Lipinski definition) is 2. The molecule has 7 heteroatoms. The summed E-state index contributed by atoms with van der Waals surface area (Å²) in [5.74, 6) is 1.33. The van der Waals surface area contributed by atoms with E-state index >= 15 is 0 Å². The average Bonchev–Trinajstić information content (AvgIpc) is 2.41. The first-order valence-electron chi connectivity index (χ1n) is 7.03. The third-order valence-corrected chi connectivity index (χ3v) is 2.75. The largest absolute Gasteiger partial charge is 0.364 e. The maximum Gasteiger partial charge on any atom is 0.329 e. The molecule has 0 aliphatic carbocycles. The Morgan fingerprint density at radius 2 is 2.10 bits per heavy atom. The van der Waals surface area contributed by atoms with Crippen molar-refractivity contribution in [1.29, 1.82) is 0 Å². The first-order valence-corrected chi connectivity index (χ1v) is 7.03. The Morgan fingerprint density at radius 1 is 1.35 bits per heavy atom. The van der Waals surface area contributed by atoms with Gasteiger partial charge in [-0.05, 0) is 25.2 Å². The van der Waals surface area contributed by atoms with E-state index in [1.165, 1.54) is 6.20 Å². The van der Waals surface area contributed by atoms with E-state index in [1.54, 1.807) is 0 Å². The molecule has 0 saturated carbocycles. The molecule has 1 rings (SSSR count). The van der Waals surface area contributed by atoms with Crippen molar-refractivity contribution in [3.8, 4) is 0 Å². The predicted octanol–water partition coefficient (Wildman–Crippen LogP) is 3.05. The van der Waals surface area contributed by atoms with Crippen LogP contribution in [0.25, 0.3) is 0 Å². The van der Waals surface area contributed by atoms with E-state index in [-0.39, 0.29) is 11.5 Å². The lowest BCUT2D eigenvalue weighted by molar-refractivity contribution is -0.384. The molecule has 0 spiro atoms. The van der Waals surface area contributed by atoms with Crippen LogP contribution in [0, 0.1) is 16.0 Å². The molecule has 0 aliphatic rings. The molecule has 0 radical (unpaired) electrons. The number of nitrogens with zero attached hydrogens (tertiary/aromatic N) is 3. The van der Waals surface area contributed by atoms with E-state index in [4.69, 9.17) is 0 Å². The quantitative estimate of drug-likeness (QED) is 0.410. The van der Waals surface area contributed by atoms with Crippen molar-refractivity contribution in [1.82, 2.24) is 9.97 Å². The number of nitro groups is 1. The van der Waals surface area contributed by atoms with Gasteiger partial charge in [0, 0.05) is 13.1 Å². The Bertz CT molecular complexity index is 437. The second-order valence-corrected chi connectivity index (χ2v) is 5.07. The summed E-state index contributed by atoms with van der Waals surface area (Å²) in [6, 6.07) is 0. The smallest absolute Gasteiger partial charge is 0.329 e. The van der Waals surface area contributed by atoms with Crippen molar-refractivity contribution < 1.29 is 4.92 Å². The van der Waals surface area contributed by atoms with Crippen LogP contribution in [0.15, 0.2) is 6.20 Å². The third-order valence-electron chi connectivity index (χ3n) is 2.75. The van der Waals surface area contributed by atoms with Crippen LogP contribution < -0.4 is 10.6 Å². The highest BCUT2D eigenvalue weighted by Crippen LogP contribution is 2.22. The van der Waals surface area contributed by atoms with Crippen molar-refractivity contribution in [2.75, 3.05) is 23.7 Å². The van der Waals surface area contributed by atoms with E-state index in [9.17, 15) is 10.1 Å². The number of hydrogen-bond acceptors (Lipinski definition) is 6. The topological polar surface area (TPSA) is 93.0 Å². The lowest BCUT2D eigenvalue weighted by Crippen LogP contribution is -2.11. The fourth-order valence-corrected chi connectivity index (χ4v) is 1.68. The lowest BCUT2D eigenvalue weighted by atomic mass is 10.1. The highest BCUT2D eigenvalue weighted by molar-refractivity contribution is 5.56. The zero-order chi connectivity index (χ0) is 15.0. The van der Waals surface area contributed by atoms with Gasteiger partial charge in [0.2, 0.25) is 11.8 Å². The van der Waals surface area contributed by atoms with E-state index in [1.807, 2.05) is 6.92 Å². The number of anilines is 2. The Morgan fingerprint density at radius 3 is 2.70 bits per heavy atom. The second kappa shape index (κ2) is 8.29. The van der Waals surface area contributed by atoms with Crippen molar-refractivity contribution >= 4 is 17.5 Å². The minimum absolute atomic E-state index is 0.0865. The Hall–Kier alpha value is -1.92. The van der Waals surface area contributed by atoms with Crippen LogP contribution in [-0.2, 0) is 0 Å². The van der Waals surface area contributed by atoms with Crippen LogP contribution >= 0.6 is 0 Å². The Labute approximate surface area is 119 Å². The first-order chi connectivity index (χ1) is 9.54. The maximum atomic E-state index is 11.0. The molecule has 1 heterocycles. The number of nitrogens with one attached hydrogen (secondary N) is 2. The molecule has 1 aromatic heterocycles. The fraction of sp³-hybridized carbons (Fsp3) is 0.692. The first kappa shape index (κ1) is 16.1. The summed E-state index contributed by atoms with van der Waals surface area (Å²) in [4.78, 5) is 18.6. The number of aromatic nitrogens is 2. The summed E-state index contributed by atoms with van der Waals surface area (Å²) in [7, 11) is 0. The van der Waals surface area contributed by atoms with Crippen LogP contribution in [0.4, 0.5) is 17.5 Å². The molecule has 20 heavy (non-hydrogen) atoms. The summed E-state index contributed by atoms with van der Waals surface area (Å²) < 4.78 is 0. The van der Waals surface area contributed by atoms with Gasteiger partial charge in [0.15, 0.2) is 0 Å². The zero-order valence-electron chi connectivity index (χ0n) is 12.3. The van der Waals surface area contributed by atoms with Gasteiger partial charge in [0.1, 0.15) is 6.20 Å². The van der Waals surface area contributed by atoms with Crippen molar-refractivity contribution in [3.63, 3.8) is 0 Å². The molecule has 0 aliphatic heterocycles. The monoisotopic (exact) mass is 281 g/mol. The molecule has 0 fully saturated rings. The molecular weight excluding hydrogens is 258 g/mol. The van der Waals surface area contributed by atoms with Crippen molar-refractivity contribution in [2.24, 2.45) is 5.92 Å². The normalized spacial score (nSPS) is 10.6. The highest BCUT2D eigenvalue weighted by Gasteiger charge is 2.16. The molecule has 0 saturated heterocycles. The van der Waals surface area contributed by atoms with E-state index in [0.29, 0.717) is 18.4 Å². The molecule has 0 atom stereocenters. The van der Waals surface area contributed by atoms with Gasteiger partial charge in [0.25, 0.3) is 0 Å². The summed E-state index contributed by atoms with van der Waals surface area (Å²) >= 11 is 0. The van der Waals surface area contributed by atoms with E-state index in [2.05, 4.69) is 34.4 Å². The Kier molecular flexibility index (Phi) is 6.69. The molecule has 0 aromatic carbocycles. The van der Waals surface area contributed by atoms with Gasteiger partial charge in [-0.15, -0.1) is 0 Å². The average molecular weight is 281 g/mol. The molecular formula is C13H23N5O2. The summed E-state index contributed by atoms with van der Waals surface area (Å²) in [6.07, 6.45) is 4.22. The van der Waals surface area contributed by atoms with Gasteiger partial charge in [-0.1, -0.05) is 20.8 Å². The minimum Gasteiger partial charge on any atom is -0.364 e. The zero-order valence-corrected chi connectivity index (χ0v) is 12.3. The molecule has 0 unspecified atom stereocenters. The van der Waals surface area contributed by atoms with E-state index < -0.39 is 4.92 Å². The highest BCUT2D eigenvalue weighted by atomic mass is 16.6. The molecule has 0 bridgehead atoms. The second-order valence-electron chi connectivity index (χ2n) is 5.07. The number of rotatable bonds is 9. The van der Waals surface area contributed by atoms with Gasteiger partial charge in [-0.2, -0.15) is 4.98 Å². The van der Waals surface area contributed by atoms with Crippen molar-refractivity contribution in [3.05, 3.63) is 16.3 Å². The van der Waals surface area contributed by atoms with Gasteiger partial charge < -0.3 is 10.6 Å². The summed E-state index contributed by atoms with van der Waals surface area (Å²) in [5, 5.41) is 17.0. The summed E-state index contributed by atoms with van der Waals surface area (Å²) in [5.41, 5.74) is -0.0865. The van der Waals surface area contributed by atoms with Crippen LogP contribution in [0.2, 0.25) is 0 Å². The fourth-order valence-electron chi connectivity index (χ4n) is 1.68. The maximum absolute atomic E-state index is 11.0.